The van der Waals surface area contributed by atoms with Gasteiger partial charge in [0.25, 0.3) is 10.0 Å². The van der Waals surface area contributed by atoms with Crippen molar-refractivity contribution >= 4 is 32.4 Å². The molecule has 6 heteroatoms. The summed E-state index contributed by atoms with van der Waals surface area (Å²) in [6, 6.07) is 16.9. The maximum atomic E-state index is 12.4. The van der Waals surface area contributed by atoms with Gasteiger partial charge >= 0.3 is 0 Å². The Morgan fingerprint density at radius 1 is 0.905 bits per heavy atom. The normalized spacial score (nSPS) is 11.4. The third kappa shape index (κ3) is 2.66. The van der Waals surface area contributed by atoms with Gasteiger partial charge in [0.2, 0.25) is 0 Å². The maximum absolute atomic E-state index is 12.4. The van der Waals surface area contributed by atoms with Crippen LogP contribution in [0.4, 0.5) is 11.5 Å². The number of aromatic nitrogens is 1. The number of fused-ring (bicyclic) bond motifs is 1. The molecular formula is C15H13N3O2S. The van der Waals surface area contributed by atoms with Crippen LogP contribution in [0, 0.1) is 0 Å². The highest BCUT2D eigenvalue weighted by molar-refractivity contribution is 7.92. The van der Waals surface area contributed by atoms with Crippen molar-refractivity contribution in [2.24, 2.45) is 0 Å². The zero-order valence-electron chi connectivity index (χ0n) is 11.0. The van der Waals surface area contributed by atoms with Crippen LogP contribution >= 0.6 is 0 Å². The van der Waals surface area contributed by atoms with E-state index < -0.39 is 10.0 Å². The van der Waals surface area contributed by atoms with Crippen LogP contribution in [-0.4, -0.2) is 13.4 Å². The lowest BCUT2D eigenvalue weighted by molar-refractivity contribution is 0.601. The van der Waals surface area contributed by atoms with Crippen LogP contribution in [0.3, 0.4) is 0 Å². The van der Waals surface area contributed by atoms with Crippen LogP contribution in [0.1, 0.15) is 0 Å². The van der Waals surface area contributed by atoms with Crippen LogP contribution in [0.25, 0.3) is 10.9 Å². The first-order valence-corrected chi connectivity index (χ1v) is 7.78. The van der Waals surface area contributed by atoms with Gasteiger partial charge in [-0.1, -0.05) is 30.3 Å². The van der Waals surface area contributed by atoms with Gasteiger partial charge in [0.05, 0.1) is 16.1 Å². The zero-order valence-corrected chi connectivity index (χ0v) is 11.8. The second kappa shape index (κ2) is 5.06. The first kappa shape index (κ1) is 13.4. The van der Waals surface area contributed by atoms with Crippen LogP contribution in [0.5, 0.6) is 0 Å². The van der Waals surface area contributed by atoms with Gasteiger partial charge in [0.1, 0.15) is 5.82 Å². The molecular weight excluding hydrogens is 286 g/mol. The van der Waals surface area contributed by atoms with Gasteiger partial charge in [0, 0.05) is 5.39 Å². The first-order valence-electron chi connectivity index (χ1n) is 6.29. The number of para-hydroxylation sites is 1. The topological polar surface area (TPSA) is 85.1 Å². The van der Waals surface area contributed by atoms with Crippen LogP contribution in [0.2, 0.25) is 0 Å². The SMILES string of the molecule is Nc1ccc2cccc(NS(=O)(=O)c3ccccc3)c2n1. The van der Waals surface area contributed by atoms with E-state index in [4.69, 9.17) is 5.73 Å². The summed E-state index contributed by atoms with van der Waals surface area (Å²) in [6.07, 6.45) is 0. The fourth-order valence-corrected chi connectivity index (χ4v) is 3.14. The number of nitrogens with zero attached hydrogens (tertiary/aromatic N) is 1. The van der Waals surface area contributed by atoms with Crippen LogP contribution in [-0.2, 0) is 10.0 Å². The average Bonchev–Trinajstić information content (AvgIpc) is 2.48. The molecule has 3 rings (SSSR count). The molecule has 5 nitrogen and oxygen atoms in total. The monoisotopic (exact) mass is 299 g/mol. The summed E-state index contributed by atoms with van der Waals surface area (Å²) in [4.78, 5) is 4.40. The van der Waals surface area contributed by atoms with E-state index in [-0.39, 0.29) is 4.90 Å². The van der Waals surface area contributed by atoms with Gasteiger partial charge in [-0.3, -0.25) is 4.72 Å². The second-order valence-corrected chi connectivity index (χ2v) is 6.21. The minimum atomic E-state index is -3.65. The van der Waals surface area contributed by atoms with E-state index in [2.05, 4.69) is 9.71 Å². The van der Waals surface area contributed by atoms with Crippen molar-refractivity contribution in [2.75, 3.05) is 10.5 Å². The number of sulfonamides is 1. The summed E-state index contributed by atoms with van der Waals surface area (Å²) in [5.41, 5.74) is 6.61. The Morgan fingerprint density at radius 2 is 1.67 bits per heavy atom. The molecule has 0 unspecified atom stereocenters. The summed E-state index contributed by atoms with van der Waals surface area (Å²) in [6.45, 7) is 0. The number of pyridine rings is 1. The number of rotatable bonds is 3. The van der Waals surface area contributed by atoms with Crippen LogP contribution < -0.4 is 10.5 Å². The van der Waals surface area contributed by atoms with Crippen molar-refractivity contribution < 1.29 is 8.42 Å². The summed E-state index contributed by atoms with van der Waals surface area (Å²) >= 11 is 0. The van der Waals surface area contributed by atoms with Crippen molar-refractivity contribution in [3.8, 4) is 0 Å². The Kier molecular flexibility index (Phi) is 3.23. The van der Waals surface area contributed by atoms with Gasteiger partial charge in [-0.2, -0.15) is 0 Å². The highest BCUT2D eigenvalue weighted by Crippen LogP contribution is 2.24. The van der Waals surface area contributed by atoms with E-state index in [0.29, 0.717) is 17.0 Å². The molecule has 21 heavy (non-hydrogen) atoms. The molecule has 0 radical (unpaired) electrons. The lowest BCUT2D eigenvalue weighted by Gasteiger charge is -2.10. The van der Waals surface area contributed by atoms with Gasteiger partial charge in [-0.05, 0) is 30.3 Å². The van der Waals surface area contributed by atoms with E-state index >= 15 is 0 Å². The smallest absolute Gasteiger partial charge is 0.261 e. The summed E-state index contributed by atoms with van der Waals surface area (Å²) < 4.78 is 27.3. The molecule has 0 saturated carbocycles. The fourth-order valence-electron chi connectivity index (χ4n) is 2.05. The van der Waals surface area contributed by atoms with Crippen molar-refractivity contribution in [3.05, 3.63) is 60.7 Å². The summed E-state index contributed by atoms with van der Waals surface area (Å²) in [7, 11) is -3.65. The molecule has 0 spiro atoms. The third-order valence-electron chi connectivity index (χ3n) is 3.04. The number of hydrogen-bond donors (Lipinski definition) is 2. The van der Waals surface area contributed by atoms with Crippen LogP contribution in [0.15, 0.2) is 65.6 Å². The Balaban J connectivity index is 2.08. The molecule has 0 atom stereocenters. The molecule has 1 heterocycles. The molecule has 1 aromatic heterocycles. The molecule has 3 aromatic rings. The average molecular weight is 299 g/mol. The van der Waals surface area contributed by atoms with Crippen molar-refractivity contribution in [1.29, 1.82) is 0 Å². The molecule has 0 aliphatic carbocycles. The molecule has 0 aliphatic heterocycles. The van der Waals surface area contributed by atoms with E-state index in [0.717, 1.165) is 5.39 Å². The standard InChI is InChI=1S/C15H13N3O2S/c16-14-10-9-11-5-4-8-13(15(11)17-14)18-21(19,20)12-6-2-1-3-7-12/h1-10,18H,(H2,16,17). The number of nitrogens with two attached hydrogens (primary N) is 1. The first-order chi connectivity index (χ1) is 10.1. The number of benzene rings is 2. The lowest BCUT2D eigenvalue weighted by atomic mass is 10.2. The molecule has 0 aliphatic rings. The number of nitrogens with one attached hydrogen (secondary N) is 1. The minimum Gasteiger partial charge on any atom is -0.384 e. The minimum absolute atomic E-state index is 0.200. The van der Waals surface area contributed by atoms with Crippen molar-refractivity contribution in [2.45, 2.75) is 4.90 Å². The predicted molar refractivity (Wildman–Crippen MR) is 83.4 cm³/mol. The Hall–Kier alpha value is -2.60. The molecule has 3 N–H and O–H groups in total. The maximum Gasteiger partial charge on any atom is 0.261 e. The van der Waals surface area contributed by atoms with Gasteiger partial charge < -0.3 is 5.73 Å². The van der Waals surface area contributed by atoms with Gasteiger partial charge in [-0.25, -0.2) is 13.4 Å². The summed E-state index contributed by atoms with van der Waals surface area (Å²) in [5, 5.41) is 0.817. The largest absolute Gasteiger partial charge is 0.384 e. The van der Waals surface area contributed by atoms with E-state index in [1.807, 2.05) is 6.07 Å². The van der Waals surface area contributed by atoms with Gasteiger partial charge in [0.15, 0.2) is 0 Å². The molecule has 2 aromatic carbocycles. The fraction of sp³-hybridized carbons (Fsp3) is 0. The van der Waals surface area contributed by atoms with Gasteiger partial charge in [-0.15, -0.1) is 0 Å². The van der Waals surface area contributed by atoms with Crippen molar-refractivity contribution in [1.82, 2.24) is 4.98 Å². The molecule has 0 saturated heterocycles. The zero-order chi connectivity index (χ0) is 14.9. The number of nitrogen functional groups attached to an aromatic ring is 1. The summed E-state index contributed by atoms with van der Waals surface area (Å²) in [5.74, 6) is 0.342. The predicted octanol–water partition coefficient (Wildman–Crippen LogP) is 2.62. The molecule has 0 fully saturated rings. The second-order valence-electron chi connectivity index (χ2n) is 4.53. The number of hydrogen-bond acceptors (Lipinski definition) is 4. The highest BCUT2D eigenvalue weighted by atomic mass is 32.2. The lowest BCUT2D eigenvalue weighted by Crippen LogP contribution is -2.13. The molecule has 106 valence electrons. The number of anilines is 2. The van der Waals surface area contributed by atoms with Crippen molar-refractivity contribution in [3.63, 3.8) is 0 Å². The Bertz CT molecular complexity index is 893. The highest BCUT2D eigenvalue weighted by Gasteiger charge is 2.15. The van der Waals surface area contributed by atoms with E-state index in [1.165, 1.54) is 12.1 Å². The molecule has 0 amide bonds. The van der Waals surface area contributed by atoms with E-state index in [1.54, 1.807) is 42.5 Å². The quantitative estimate of drug-likeness (QED) is 0.778. The molecule has 0 bridgehead atoms. The third-order valence-corrected chi connectivity index (χ3v) is 4.42. The Morgan fingerprint density at radius 3 is 2.43 bits per heavy atom. The van der Waals surface area contributed by atoms with E-state index in [9.17, 15) is 8.42 Å². The Labute approximate surface area is 122 Å².